The van der Waals surface area contributed by atoms with E-state index >= 15 is 0 Å². The Hall–Kier alpha value is -6.20. The maximum absolute atomic E-state index is 10.6. The van der Waals surface area contributed by atoms with Crippen LogP contribution in [-0.4, -0.2) is 23.5 Å². The fraction of sp³-hybridized carbons (Fsp3) is 0.0667. The van der Waals surface area contributed by atoms with Gasteiger partial charge in [0.1, 0.15) is 18.1 Å². The van der Waals surface area contributed by atoms with Crippen molar-refractivity contribution < 1.29 is 11.3 Å². The van der Waals surface area contributed by atoms with Gasteiger partial charge >= 0.3 is 0 Å². The first-order valence-electron chi connectivity index (χ1n) is 16.3. The van der Waals surface area contributed by atoms with Gasteiger partial charge in [0.15, 0.2) is 0 Å². The van der Waals surface area contributed by atoms with Crippen LogP contribution in [-0.2, 0) is 6.61 Å². The molecule has 2 aromatic heterocycles. The summed E-state index contributed by atoms with van der Waals surface area (Å²) >= 11 is 0. The van der Waals surface area contributed by atoms with Gasteiger partial charge in [-0.05, 0) is 58.7 Å². The molecule has 50 heavy (non-hydrogen) atoms. The maximum atomic E-state index is 10.6. The largest absolute Gasteiger partial charge is 0.507 e. The molecule has 0 aliphatic heterocycles. The van der Waals surface area contributed by atoms with E-state index in [-0.39, 0.29) is 15.8 Å². The van der Waals surface area contributed by atoms with Crippen LogP contribution in [0.15, 0.2) is 183 Å². The number of phenolic OH excluding ortho intramolecular Hbond substituents is 1. The van der Waals surface area contributed by atoms with E-state index in [9.17, 15) is 5.11 Å². The van der Waals surface area contributed by atoms with Gasteiger partial charge in [-0.15, -0.1) is 0 Å². The predicted octanol–water partition coefficient (Wildman–Crippen LogP) is 10.9. The normalized spacial score (nSPS) is 10.9. The third kappa shape index (κ3) is 8.44. The smallest absolute Gasteiger partial charge is 0.137 e. The fourth-order valence-electron chi connectivity index (χ4n) is 5.74. The number of hydrogen-bond acceptors (Lipinski definition) is 4. The highest BCUT2D eigenvalue weighted by Gasteiger charge is 2.17. The first-order chi connectivity index (χ1) is 24.1. The molecule has 0 spiro atoms. The van der Waals surface area contributed by atoms with Gasteiger partial charge in [-0.2, -0.15) is 0 Å². The summed E-state index contributed by atoms with van der Waals surface area (Å²) in [6.07, 6.45) is 3.54. The average Bonchev–Trinajstić information content (AvgIpc) is 3.18. The van der Waals surface area contributed by atoms with Crippen molar-refractivity contribution in [1.82, 2.24) is 9.97 Å². The molecule has 0 saturated heterocycles. The summed E-state index contributed by atoms with van der Waals surface area (Å²) < 4.78 is 6.35. The summed E-state index contributed by atoms with van der Waals surface area (Å²) in [5, 5.41) is 10.6. The van der Waals surface area contributed by atoms with Crippen molar-refractivity contribution in [2.24, 2.45) is 0 Å². The molecule has 0 aliphatic rings. The number of benzene rings is 5. The Balaban J connectivity index is 0.000000228. The number of para-hydroxylation sites is 2. The van der Waals surface area contributed by atoms with Crippen LogP contribution in [0.1, 0.15) is 42.1 Å². The molecule has 0 bridgehead atoms. The number of hydrogen-bond donors (Lipinski definition) is 1. The summed E-state index contributed by atoms with van der Waals surface area (Å²) in [5.41, 5.74) is 9.62. The summed E-state index contributed by atoms with van der Waals surface area (Å²) in [6, 6.07) is 54.2. The monoisotopic (exact) mass is 651 g/mol. The molecule has 5 heteroatoms. The van der Waals surface area contributed by atoms with Gasteiger partial charge in [-0.3, -0.25) is 9.97 Å². The molecule has 1 N–H and O–H groups in total. The Morgan fingerprint density at radius 2 is 1.18 bits per heavy atom. The maximum Gasteiger partial charge on any atom is 0.137 e. The number of phenols is 1. The lowest BCUT2D eigenvalue weighted by atomic mass is 9.90. The minimum Gasteiger partial charge on any atom is -0.507 e. The zero-order valence-corrected chi connectivity index (χ0v) is 28.1. The van der Waals surface area contributed by atoms with Crippen LogP contribution < -0.4 is 4.74 Å². The molecule has 0 aliphatic carbocycles. The van der Waals surface area contributed by atoms with Crippen molar-refractivity contribution in [3.8, 4) is 34.0 Å². The zero-order valence-electron chi connectivity index (χ0n) is 28.1. The predicted molar refractivity (Wildman–Crippen MR) is 208 cm³/mol. The molecular formula is C45H40BN2O2. The fourth-order valence-corrected chi connectivity index (χ4v) is 5.74. The number of aromatic hydroxyl groups is 1. The molecule has 0 amide bonds. The lowest BCUT2D eigenvalue weighted by Gasteiger charge is -2.17. The van der Waals surface area contributed by atoms with E-state index in [2.05, 4.69) is 65.9 Å². The van der Waals surface area contributed by atoms with Crippen LogP contribution in [0.25, 0.3) is 28.1 Å². The Labute approximate surface area is 298 Å². The second kappa shape index (κ2) is 17.3. The van der Waals surface area contributed by atoms with Crippen LogP contribution in [0.4, 0.5) is 0 Å². The number of ether oxygens (including phenoxy) is 1. The Bertz CT molecular complexity index is 2100. The van der Waals surface area contributed by atoms with Crippen LogP contribution in [0.5, 0.6) is 11.5 Å². The van der Waals surface area contributed by atoms with Crippen LogP contribution in [0.3, 0.4) is 0 Å². The van der Waals surface area contributed by atoms with Crippen molar-refractivity contribution in [3.05, 3.63) is 211 Å². The lowest BCUT2D eigenvalue weighted by molar-refractivity contribution is 0.306. The molecular weight excluding hydrogens is 611 g/mol. The van der Waals surface area contributed by atoms with Crippen molar-refractivity contribution in [2.75, 3.05) is 0 Å². The second-order valence-electron chi connectivity index (χ2n) is 11.6. The average molecular weight is 652 g/mol. The Morgan fingerprint density at radius 3 is 1.80 bits per heavy atom. The first-order valence-corrected chi connectivity index (χ1v) is 16.3. The third-order valence-electron chi connectivity index (χ3n) is 8.40. The molecule has 7 aromatic rings. The van der Waals surface area contributed by atoms with E-state index in [0.717, 1.165) is 56.1 Å². The highest BCUT2D eigenvalue weighted by molar-refractivity contribution is 5.86. The molecule has 0 fully saturated rings. The standard InChI is InChI=1S/C26H21NO.C19H17NO.B.H2/c1-20(22-13-6-3-7-14-22)23-15-10-16-24(25-17-8-9-18-27-25)26(23)28-19-21-11-4-2-5-12-21;1-14(15-8-3-2-4-9-15)16-10-7-11-17(19(16)21)18-12-5-6-13-20-18;;/h2-18H,1,19H2;2-14,21H,1H3;;1H. The van der Waals surface area contributed by atoms with Gasteiger partial charge < -0.3 is 9.84 Å². The molecule has 1 atom stereocenters. The molecule has 245 valence electrons. The summed E-state index contributed by atoms with van der Waals surface area (Å²) in [6.45, 7) is 6.93. The zero-order chi connectivity index (χ0) is 33.8. The van der Waals surface area contributed by atoms with Crippen molar-refractivity contribution in [1.29, 1.82) is 0 Å². The molecule has 4 nitrogen and oxygen atoms in total. The number of nitrogens with zero attached hydrogens (tertiary/aromatic N) is 2. The highest BCUT2D eigenvalue weighted by atomic mass is 16.5. The topological polar surface area (TPSA) is 55.2 Å². The SMILES string of the molecule is C=C(c1ccccc1)c1cccc(-c2ccccn2)c1OCc1ccccc1.CC(c1ccccc1)c1cccc(-c2ccccn2)c1O.[B].[HH]. The van der Waals surface area contributed by atoms with Gasteiger partial charge in [0.25, 0.3) is 0 Å². The van der Waals surface area contributed by atoms with Crippen molar-refractivity contribution >= 4 is 14.0 Å². The second-order valence-corrected chi connectivity index (χ2v) is 11.6. The van der Waals surface area contributed by atoms with Crippen LogP contribution in [0.2, 0.25) is 0 Å². The molecule has 2 heterocycles. The first kappa shape index (κ1) is 35.1. The minimum absolute atomic E-state index is 0. The van der Waals surface area contributed by atoms with Gasteiger partial charge in [-0.25, -0.2) is 0 Å². The molecule has 0 saturated carbocycles. The molecule has 3 radical (unpaired) electrons. The van der Waals surface area contributed by atoms with Gasteiger partial charge in [-0.1, -0.05) is 141 Å². The van der Waals surface area contributed by atoms with E-state index in [0.29, 0.717) is 12.4 Å². The van der Waals surface area contributed by atoms with Crippen molar-refractivity contribution in [2.45, 2.75) is 19.4 Å². The molecule has 5 aromatic carbocycles. The number of aromatic nitrogens is 2. The highest BCUT2D eigenvalue weighted by Crippen LogP contribution is 2.39. The Kier molecular flexibility index (Phi) is 12.1. The van der Waals surface area contributed by atoms with Crippen LogP contribution >= 0.6 is 0 Å². The lowest BCUT2D eigenvalue weighted by Crippen LogP contribution is -2.01. The van der Waals surface area contributed by atoms with E-state index in [1.807, 2.05) is 121 Å². The number of pyridine rings is 2. The van der Waals surface area contributed by atoms with Crippen molar-refractivity contribution in [3.63, 3.8) is 0 Å². The van der Waals surface area contributed by atoms with Gasteiger partial charge in [0, 0.05) is 50.4 Å². The Morgan fingerprint density at radius 1 is 0.640 bits per heavy atom. The summed E-state index contributed by atoms with van der Waals surface area (Å²) in [5.74, 6) is 1.25. The van der Waals surface area contributed by atoms with Crippen LogP contribution in [0, 0.1) is 0 Å². The molecule has 1 unspecified atom stereocenters. The quantitative estimate of drug-likeness (QED) is 0.158. The molecule has 7 rings (SSSR count). The van der Waals surface area contributed by atoms with E-state index in [1.54, 1.807) is 12.4 Å². The van der Waals surface area contributed by atoms with Gasteiger partial charge in [0.05, 0.1) is 11.4 Å². The summed E-state index contributed by atoms with van der Waals surface area (Å²) in [4.78, 5) is 8.85. The minimum atomic E-state index is 0. The van der Waals surface area contributed by atoms with E-state index < -0.39 is 0 Å². The third-order valence-corrected chi connectivity index (χ3v) is 8.40. The van der Waals surface area contributed by atoms with E-state index in [4.69, 9.17) is 4.74 Å². The van der Waals surface area contributed by atoms with E-state index in [1.165, 1.54) is 5.56 Å². The number of rotatable bonds is 9. The summed E-state index contributed by atoms with van der Waals surface area (Å²) in [7, 11) is 0. The van der Waals surface area contributed by atoms with Gasteiger partial charge in [0.2, 0.25) is 0 Å².